The van der Waals surface area contributed by atoms with Crippen LogP contribution in [0.2, 0.25) is 0 Å². The first kappa shape index (κ1) is 10.0. The molecule has 0 aliphatic carbocycles. The molecular formula is C10H21NO. The molecule has 1 aliphatic heterocycles. The Bertz CT molecular complexity index is 139. The fourth-order valence-corrected chi connectivity index (χ4v) is 1.75. The largest absolute Gasteiger partial charge is 0.393 e. The Morgan fingerprint density at radius 1 is 1.17 bits per heavy atom. The molecule has 0 amide bonds. The number of likely N-dealkylation sites (tertiary alicyclic amines) is 1. The van der Waals surface area contributed by atoms with Gasteiger partial charge in [-0.15, -0.1) is 0 Å². The minimum atomic E-state index is -0.0580. The predicted molar refractivity (Wildman–Crippen MR) is 51.2 cm³/mol. The number of aliphatic hydroxyl groups excluding tert-OH is 1. The van der Waals surface area contributed by atoms with Crippen molar-refractivity contribution in [1.82, 2.24) is 4.90 Å². The molecule has 12 heavy (non-hydrogen) atoms. The van der Waals surface area contributed by atoms with Crippen molar-refractivity contribution in [3.05, 3.63) is 0 Å². The first-order valence-electron chi connectivity index (χ1n) is 4.93. The highest BCUT2D eigenvalue weighted by Gasteiger charge is 2.23. The van der Waals surface area contributed by atoms with Crippen molar-refractivity contribution in [2.24, 2.45) is 0 Å². The van der Waals surface area contributed by atoms with Gasteiger partial charge < -0.3 is 5.11 Å². The summed E-state index contributed by atoms with van der Waals surface area (Å²) in [6.45, 7) is 8.91. The molecule has 1 saturated heterocycles. The number of nitrogens with zero attached hydrogens (tertiary/aromatic N) is 1. The second kappa shape index (κ2) is 3.75. The zero-order valence-electron chi connectivity index (χ0n) is 8.51. The van der Waals surface area contributed by atoms with Gasteiger partial charge in [0.25, 0.3) is 0 Å². The molecule has 0 spiro atoms. The highest BCUT2D eigenvalue weighted by Crippen LogP contribution is 2.19. The van der Waals surface area contributed by atoms with Gasteiger partial charge in [0.05, 0.1) is 6.10 Å². The Kier molecular flexibility index (Phi) is 3.13. The molecule has 0 radical (unpaired) electrons. The fourth-order valence-electron chi connectivity index (χ4n) is 1.75. The molecule has 0 aromatic heterocycles. The van der Waals surface area contributed by atoms with E-state index >= 15 is 0 Å². The van der Waals surface area contributed by atoms with Crippen LogP contribution >= 0.6 is 0 Å². The van der Waals surface area contributed by atoms with Gasteiger partial charge in [-0.1, -0.05) is 0 Å². The summed E-state index contributed by atoms with van der Waals surface area (Å²) in [4.78, 5) is 2.46. The summed E-state index contributed by atoms with van der Waals surface area (Å²) in [5, 5.41) is 9.45. The van der Waals surface area contributed by atoms with E-state index in [0.717, 1.165) is 32.4 Å². The van der Waals surface area contributed by atoms with Crippen LogP contribution in [0.5, 0.6) is 0 Å². The molecule has 0 aromatic carbocycles. The van der Waals surface area contributed by atoms with Crippen molar-refractivity contribution in [2.75, 3.05) is 13.1 Å². The Balaban J connectivity index is 2.46. The average molecular weight is 171 g/mol. The van der Waals surface area contributed by atoms with Gasteiger partial charge in [-0.2, -0.15) is 0 Å². The van der Waals surface area contributed by atoms with Gasteiger partial charge in [0.1, 0.15) is 0 Å². The third-order valence-corrected chi connectivity index (χ3v) is 2.65. The standard InChI is InChI=1S/C10H21NO/c1-10(2,3)11-7-4-5-9(12)6-8-11/h9,12H,4-8H2,1-3H3. The van der Waals surface area contributed by atoms with Gasteiger partial charge in [-0.05, 0) is 46.6 Å². The normalized spacial score (nSPS) is 28.5. The molecular weight excluding hydrogens is 150 g/mol. The van der Waals surface area contributed by atoms with Gasteiger partial charge in [-0.25, -0.2) is 0 Å². The molecule has 2 nitrogen and oxygen atoms in total. The van der Waals surface area contributed by atoms with Crippen molar-refractivity contribution in [2.45, 2.75) is 51.7 Å². The summed E-state index contributed by atoms with van der Waals surface area (Å²) in [5.41, 5.74) is 0.268. The number of hydrogen-bond acceptors (Lipinski definition) is 2. The van der Waals surface area contributed by atoms with Crippen LogP contribution in [0.3, 0.4) is 0 Å². The minimum Gasteiger partial charge on any atom is -0.393 e. The van der Waals surface area contributed by atoms with Crippen LogP contribution < -0.4 is 0 Å². The monoisotopic (exact) mass is 171 g/mol. The highest BCUT2D eigenvalue weighted by molar-refractivity contribution is 4.79. The molecule has 2 heteroatoms. The molecule has 0 aromatic rings. The van der Waals surface area contributed by atoms with Crippen molar-refractivity contribution < 1.29 is 5.11 Å². The summed E-state index contributed by atoms with van der Waals surface area (Å²) >= 11 is 0. The van der Waals surface area contributed by atoms with E-state index in [0.29, 0.717) is 0 Å². The van der Waals surface area contributed by atoms with Gasteiger partial charge in [0, 0.05) is 12.1 Å². The van der Waals surface area contributed by atoms with Crippen molar-refractivity contribution in [1.29, 1.82) is 0 Å². The number of hydrogen-bond donors (Lipinski definition) is 1. The smallest absolute Gasteiger partial charge is 0.0553 e. The van der Waals surface area contributed by atoms with E-state index in [9.17, 15) is 5.11 Å². The lowest BCUT2D eigenvalue weighted by Gasteiger charge is -2.34. The Hall–Kier alpha value is -0.0800. The van der Waals surface area contributed by atoms with E-state index in [1.54, 1.807) is 0 Å². The summed E-state index contributed by atoms with van der Waals surface area (Å²) in [6, 6.07) is 0. The summed E-state index contributed by atoms with van der Waals surface area (Å²) in [7, 11) is 0. The number of rotatable bonds is 0. The first-order chi connectivity index (χ1) is 5.50. The second-order valence-corrected chi connectivity index (χ2v) is 4.74. The quantitative estimate of drug-likeness (QED) is 0.599. The van der Waals surface area contributed by atoms with E-state index in [1.807, 2.05) is 0 Å². The van der Waals surface area contributed by atoms with Gasteiger partial charge in [-0.3, -0.25) is 4.90 Å². The Labute approximate surface area is 75.6 Å². The molecule has 1 fully saturated rings. The highest BCUT2D eigenvalue weighted by atomic mass is 16.3. The lowest BCUT2D eigenvalue weighted by Crippen LogP contribution is -2.41. The Morgan fingerprint density at radius 2 is 1.83 bits per heavy atom. The maximum absolute atomic E-state index is 9.45. The average Bonchev–Trinajstić information content (AvgIpc) is 2.11. The second-order valence-electron chi connectivity index (χ2n) is 4.74. The van der Waals surface area contributed by atoms with E-state index in [2.05, 4.69) is 25.7 Å². The first-order valence-corrected chi connectivity index (χ1v) is 4.93. The maximum atomic E-state index is 9.45. The van der Waals surface area contributed by atoms with Crippen LogP contribution in [0.15, 0.2) is 0 Å². The van der Waals surface area contributed by atoms with Crippen LogP contribution in [0.1, 0.15) is 40.0 Å². The summed E-state index contributed by atoms with van der Waals surface area (Å²) < 4.78 is 0. The lowest BCUT2D eigenvalue weighted by atomic mass is 10.1. The van der Waals surface area contributed by atoms with Crippen molar-refractivity contribution >= 4 is 0 Å². The molecule has 1 N–H and O–H groups in total. The van der Waals surface area contributed by atoms with E-state index in [4.69, 9.17) is 0 Å². The molecule has 1 aliphatic rings. The van der Waals surface area contributed by atoms with Crippen LogP contribution in [0.25, 0.3) is 0 Å². The molecule has 0 bridgehead atoms. The SMILES string of the molecule is CC(C)(C)N1CCCC(O)CC1. The molecule has 1 unspecified atom stereocenters. The summed E-state index contributed by atoms with van der Waals surface area (Å²) in [6.07, 6.45) is 3.00. The van der Waals surface area contributed by atoms with Crippen molar-refractivity contribution in [3.63, 3.8) is 0 Å². The van der Waals surface area contributed by atoms with Crippen LogP contribution in [-0.2, 0) is 0 Å². The lowest BCUT2D eigenvalue weighted by molar-refractivity contribution is 0.123. The van der Waals surface area contributed by atoms with Crippen LogP contribution in [0, 0.1) is 0 Å². The van der Waals surface area contributed by atoms with E-state index in [1.165, 1.54) is 0 Å². The fraction of sp³-hybridized carbons (Fsp3) is 1.00. The molecule has 1 atom stereocenters. The molecule has 1 rings (SSSR count). The third kappa shape index (κ3) is 2.76. The Morgan fingerprint density at radius 3 is 2.42 bits per heavy atom. The van der Waals surface area contributed by atoms with Gasteiger partial charge in [0.15, 0.2) is 0 Å². The van der Waals surface area contributed by atoms with Crippen LogP contribution in [-0.4, -0.2) is 34.7 Å². The summed E-state index contributed by atoms with van der Waals surface area (Å²) in [5.74, 6) is 0. The zero-order valence-corrected chi connectivity index (χ0v) is 8.51. The predicted octanol–water partition coefficient (Wildman–Crippen LogP) is 1.63. The van der Waals surface area contributed by atoms with Gasteiger partial charge >= 0.3 is 0 Å². The van der Waals surface area contributed by atoms with Crippen LogP contribution in [0.4, 0.5) is 0 Å². The molecule has 72 valence electrons. The zero-order chi connectivity index (χ0) is 9.19. The minimum absolute atomic E-state index is 0.0580. The van der Waals surface area contributed by atoms with Crippen molar-refractivity contribution in [3.8, 4) is 0 Å². The topological polar surface area (TPSA) is 23.5 Å². The maximum Gasteiger partial charge on any atom is 0.0553 e. The number of aliphatic hydroxyl groups is 1. The van der Waals surface area contributed by atoms with Gasteiger partial charge in [0.2, 0.25) is 0 Å². The molecule has 1 heterocycles. The molecule has 0 saturated carbocycles. The van der Waals surface area contributed by atoms with E-state index in [-0.39, 0.29) is 11.6 Å². The van der Waals surface area contributed by atoms with E-state index < -0.39 is 0 Å². The third-order valence-electron chi connectivity index (χ3n) is 2.65.